The largest absolute Gasteiger partial charge is 0.331 e. The fourth-order valence-corrected chi connectivity index (χ4v) is 3.40. The summed E-state index contributed by atoms with van der Waals surface area (Å²) in [6.07, 6.45) is 0. The molecule has 0 aliphatic carbocycles. The van der Waals surface area contributed by atoms with Gasteiger partial charge in [-0.3, -0.25) is 5.32 Å². The van der Waals surface area contributed by atoms with Crippen LogP contribution >= 0.6 is 47.0 Å². The summed E-state index contributed by atoms with van der Waals surface area (Å²) in [5, 5.41) is 11.1. The fraction of sp³-hybridized carbons (Fsp3) is 0.143. The molecule has 6 nitrogen and oxygen atoms in total. The molecule has 0 spiro atoms. The third-order valence-electron chi connectivity index (χ3n) is 3.96. The molecule has 0 atom stereocenters. The highest BCUT2D eigenvalue weighted by Crippen LogP contribution is 2.25. The van der Waals surface area contributed by atoms with E-state index in [9.17, 15) is 0 Å². The van der Waals surface area contributed by atoms with E-state index in [-0.39, 0.29) is 5.11 Å². The first-order valence-electron chi connectivity index (χ1n) is 9.20. The zero-order chi connectivity index (χ0) is 22.4. The smallest absolute Gasteiger partial charge is 0.229 e. The molecule has 10 heteroatoms. The lowest BCUT2D eigenvalue weighted by Gasteiger charge is -2.15. The Labute approximate surface area is 201 Å². The topological polar surface area (TPSA) is 74.2 Å². The van der Waals surface area contributed by atoms with Crippen LogP contribution in [-0.4, -0.2) is 21.0 Å². The first-order valence-corrected chi connectivity index (χ1v) is 10.7. The lowest BCUT2D eigenvalue weighted by atomic mass is 10.2. The van der Waals surface area contributed by atoms with Gasteiger partial charge in [0, 0.05) is 21.4 Å². The van der Waals surface area contributed by atoms with E-state index in [1.807, 2.05) is 44.2 Å². The quantitative estimate of drug-likeness (QED) is 0.235. The second-order valence-electron chi connectivity index (χ2n) is 6.59. The van der Waals surface area contributed by atoms with E-state index in [1.54, 1.807) is 18.2 Å². The van der Waals surface area contributed by atoms with Gasteiger partial charge in [0.05, 0.1) is 17.3 Å². The maximum Gasteiger partial charge on any atom is 0.229 e. The van der Waals surface area contributed by atoms with Gasteiger partial charge in [-0.25, -0.2) is 15.0 Å². The second kappa shape index (κ2) is 10.7. The molecule has 0 bridgehead atoms. The predicted octanol–water partition coefficient (Wildman–Crippen LogP) is 6.01. The van der Waals surface area contributed by atoms with Gasteiger partial charge in [0.1, 0.15) is 0 Å². The molecule has 0 radical (unpaired) electrons. The Morgan fingerprint density at radius 1 is 0.903 bits per heavy atom. The normalized spacial score (nSPS) is 11.2. The first-order chi connectivity index (χ1) is 14.8. The summed E-state index contributed by atoms with van der Waals surface area (Å²) in [5.74, 6) is 0.787. The molecular weight excluding hydrogens is 475 g/mol. The maximum absolute atomic E-state index is 6.22. The molecule has 0 unspecified atom stereocenters. The van der Waals surface area contributed by atoms with Crippen molar-refractivity contribution in [2.45, 2.75) is 20.4 Å². The number of halogens is 3. The van der Waals surface area contributed by atoms with Crippen LogP contribution in [0.2, 0.25) is 15.1 Å². The van der Waals surface area contributed by atoms with E-state index in [2.05, 4.69) is 30.9 Å². The Kier molecular flexibility index (Phi) is 8.03. The second-order valence-corrected chi connectivity index (χ2v) is 8.28. The molecule has 31 heavy (non-hydrogen) atoms. The minimum atomic E-state index is 0.288. The van der Waals surface area contributed by atoms with Gasteiger partial charge >= 0.3 is 0 Å². The van der Waals surface area contributed by atoms with Crippen LogP contribution in [0.4, 0.5) is 11.6 Å². The first kappa shape index (κ1) is 23.2. The summed E-state index contributed by atoms with van der Waals surface area (Å²) in [5.41, 5.74) is 3.26. The molecule has 0 saturated carbocycles. The van der Waals surface area contributed by atoms with E-state index >= 15 is 0 Å². The van der Waals surface area contributed by atoms with Crippen LogP contribution in [0.5, 0.6) is 0 Å². The summed E-state index contributed by atoms with van der Waals surface area (Å²) in [7, 11) is 0. The maximum atomic E-state index is 6.22. The van der Waals surface area contributed by atoms with Crippen molar-refractivity contribution in [2.24, 2.45) is 4.99 Å². The number of aryl methyl sites for hydroxylation is 2. The Balaban J connectivity index is 1.78. The summed E-state index contributed by atoms with van der Waals surface area (Å²) in [6, 6.07) is 14.4. The summed E-state index contributed by atoms with van der Waals surface area (Å²) < 4.78 is 0. The summed E-state index contributed by atoms with van der Waals surface area (Å²) >= 11 is 23.6. The fourth-order valence-electron chi connectivity index (χ4n) is 2.61. The molecule has 1 heterocycles. The molecule has 0 saturated heterocycles. The number of nitrogens with one attached hydrogen (secondary N) is 3. The van der Waals surface area contributed by atoms with Crippen molar-refractivity contribution in [3.63, 3.8) is 0 Å². The Hall–Kier alpha value is -2.45. The minimum absolute atomic E-state index is 0.288. The third-order valence-corrected chi connectivity index (χ3v) is 4.96. The number of rotatable bonds is 4. The average Bonchev–Trinajstić information content (AvgIpc) is 2.69. The van der Waals surface area contributed by atoms with Gasteiger partial charge in [0.2, 0.25) is 11.9 Å². The van der Waals surface area contributed by atoms with Gasteiger partial charge in [-0.15, -0.1) is 0 Å². The van der Waals surface area contributed by atoms with E-state index in [4.69, 9.17) is 47.0 Å². The van der Waals surface area contributed by atoms with Crippen LogP contribution in [0.1, 0.15) is 17.0 Å². The summed E-state index contributed by atoms with van der Waals surface area (Å²) in [6.45, 7) is 4.18. The number of hydrogen-bond acceptors (Lipinski definition) is 4. The molecule has 3 aromatic rings. The van der Waals surface area contributed by atoms with Crippen LogP contribution < -0.4 is 16.0 Å². The SMILES string of the molecule is Cc1cc(C)nc(NC(=NCc2ccc(Cl)cc2)NC(=S)Nc2ccc(Cl)cc2Cl)n1. The van der Waals surface area contributed by atoms with Crippen LogP contribution in [0.15, 0.2) is 53.5 Å². The Morgan fingerprint density at radius 3 is 2.19 bits per heavy atom. The van der Waals surface area contributed by atoms with Crippen LogP contribution in [0.3, 0.4) is 0 Å². The molecule has 3 N–H and O–H groups in total. The van der Waals surface area contributed by atoms with E-state index in [0.717, 1.165) is 17.0 Å². The van der Waals surface area contributed by atoms with Crippen molar-refractivity contribution in [3.05, 3.63) is 80.6 Å². The average molecular weight is 494 g/mol. The number of benzene rings is 2. The lowest BCUT2D eigenvalue weighted by molar-refractivity contribution is 1.03. The van der Waals surface area contributed by atoms with E-state index < -0.39 is 0 Å². The number of nitrogens with zero attached hydrogens (tertiary/aromatic N) is 3. The highest BCUT2D eigenvalue weighted by atomic mass is 35.5. The van der Waals surface area contributed by atoms with Crippen molar-refractivity contribution in [2.75, 3.05) is 10.6 Å². The minimum Gasteiger partial charge on any atom is -0.331 e. The number of hydrogen-bond donors (Lipinski definition) is 3. The summed E-state index contributed by atoms with van der Waals surface area (Å²) in [4.78, 5) is 13.4. The molecule has 0 aliphatic rings. The molecule has 160 valence electrons. The van der Waals surface area contributed by atoms with Crippen molar-refractivity contribution in [3.8, 4) is 0 Å². The molecule has 3 rings (SSSR count). The van der Waals surface area contributed by atoms with Crippen LogP contribution in [0.25, 0.3) is 0 Å². The molecule has 0 aliphatic heterocycles. The zero-order valence-corrected chi connectivity index (χ0v) is 19.8. The molecule has 0 amide bonds. The number of aliphatic imine (C=N–C) groups is 1. The van der Waals surface area contributed by atoms with Crippen molar-refractivity contribution < 1.29 is 0 Å². The van der Waals surface area contributed by atoms with Crippen LogP contribution in [0, 0.1) is 13.8 Å². The van der Waals surface area contributed by atoms with Gasteiger partial charge in [-0.1, -0.05) is 46.9 Å². The van der Waals surface area contributed by atoms with Crippen LogP contribution in [-0.2, 0) is 6.54 Å². The van der Waals surface area contributed by atoms with Gasteiger partial charge in [0.25, 0.3) is 0 Å². The van der Waals surface area contributed by atoms with Gasteiger partial charge in [-0.05, 0) is 68.0 Å². The third kappa shape index (κ3) is 7.33. The standard InChI is InChI=1S/C21H19Cl3N6S/c1-12-9-13(2)27-20(26-12)29-19(25-11-14-3-5-15(22)6-4-14)30-21(31)28-18-8-7-16(23)10-17(18)24/h3-10H,11H2,1-2H3,(H3,25,26,27,28,29,30,31). The lowest BCUT2D eigenvalue weighted by Crippen LogP contribution is -2.39. The predicted molar refractivity (Wildman–Crippen MR) is 134 cm³/mol. The van der Waals surface area contributed by atoms with Gasteiger partial charge in [0.15, 0.2) is 5.11 Å². The molecule has 0 fully saturated rings. The monoisotopic (exact) mass is 492 g/mol. The van der Waals surface area contributed by atoms with E-state index in [1.165, 1.54) is 0 Å². The molecule has 1 aromatic heterocycles. The Bertz CT molecular complexity index is 1100. The highest BCUT2D eigenvalue weighted by Gasteiger charge is 2.09. The molecule has 2 aromatic carbocycles. The number of thiocarbonyl (C=S) groups is 1. The Morgan fingerprint density at radius 2 is 1.55 bits per heavy atom. The van der Waals surface area contributed by atoms with E-state index in [0.29, 0.717) is 39.2 Å². The van der Waals surface area contributed by atoms with Crippen molar-refractivity contribution in [1.29, 1.82) is 0 Å². The molecular formula is C21H19Cl3N6S. The number of anilines is 2. The van der Waals surface area contributed by atoms with Gasteiger partial charge < -0.3 is 10.6 Å². The number of guanidine groups is 1. The number of aromatic nitrogens is 2. The van der Waals surface area contributed by atoms with Crippen molar-refractivity contribution in [1.82, 2.24) is 15.3 Å². The highest BCUT2D eigenvalue weighted by molar-refractivity contribution is 7.80. The van der Waals surface area contributed by atoms with Crippen molar-refractivity contribution >= 4 is 69.7 Å². The van der Waals surface area contributed by atoms with Gasteiger partial charge in [-0.2, -0.15) is 0 Å². The zero-order valence-electron chi connectivity index (χ0n) is 16.7.